The summed E-state index contributed by atoms with van der Waals surface area (Å²) in [5.41, 5.74) is 5.04. The Hall–Kier alpha value is -2.84. The third kappa shape index (κ3) is 7.72. The maximum Gasteiger partial charge on any atom is 0.307 e. The second-order valence-corrected chi connectivity index (χ2v) is 13.9. The zero-order valence-corrected chi connectivity index (χ0v) is 25.8. The molecule has 1 aliphatic heterocycles. The Labute approximate surface area is 244 Å². The number of hydrogen-bond donors (Lipinski definition) is 1. The van der Waals surface area contributed by atoms with Gasteiger partial charge in [-0.3, -0.25) is 28.8 Å². The third-order valence-electron chi connectivity index (χ3n) is 9.50. The van der Waals surface area contributed by atoms with Gasteiger partial charge < -0.3 is 15.4 Å². The summed E-state index contributed by atoms with van der Waals surface area (Å²) in [4.78, 5) is 79.4. The fraction of sp³-hybridized carbons (Fsp3) is 0.750. The zero-order valence-electron chi connectivity index (χ0n) is 25.8. The number of amides is 2. The van der Waals surface area contributed by atoms with E-state index in [-0.39, 0.29) is 60.4 Å². The molecule has 41 heavy (non-hydrogen) atoms. The maximum absolute atomic E-state index is 14.1. The Kier molecular flexibility index (Phi) is 10.0. The lowest BCUT2D eigenvalue weighted by molar-refractivity contribution is -0.159. The van der Waals surface area contributed by atoms with E-state index >= 15 is 0 Å². The number of Topliss-reactive ketones (excluding diaryl/α,β-unsaturated/α-hetero) is 3. The third-order valence-corrected chi connectivity index (χ3v) is 9.50. The number of fused-ring (bicyclic) bond motifs is 1. The molecule has 3 rings (SSSR count). The summed E-state index contributed by atoms with van der Waals surface area (Å²) in [6, 6.07) is -0.749. The van der Waals surface area contributed by atoms with Crippen molar-refractivity contribution in [1.29, 1.82) is 0 Å². The summed E-state index contributed by atoms with van der Waals surface area (Å²) >= 11 is 0. The molecule has 228 valence electrons. The number of esters is 1. The van der Waals surface area contributed by atoms with Crippen LogP contribution in [-0.4, -0.2) is 58.2 Å². The van der Waals surface area contributed by atoms with Crippen molar-refractivity contribution in [2.24, 2.45) is 40.7 Å². The number of hydrogen-bond acceptors (Lipinski definition) is 7. The van der Waals surface area contributed by atoms with Gasteiger partial charge in [0.1, 0.15) is 5.60 Å². The van der Waals surface area contributed by atoms with E-state index in [4.69, 9.17) is 10.5 Å². The fourth-order valence-corrected chi connectivity index (χ4v) is 6.66. The van der Waals surface area contributed by atoms with Gasteiger partial charge in [-0.15, -0.1) is 0 Å². The molecule has 1 saturated heterocycles. The van der Waals surface area contributed by atoms with Crippen molar-refractivity contribution in [3.05, 3.63) is 11.6 Å². The molecule has 9 nitrogen and oxygen atoms in total. The smallest absolute Gasteiger partial charge is 0.307 e. The number of piperidine rings is 1. The van der Waals surface area contributed by atoms with Gasteiger partial charge in [0, 0.05) is 31.2 Å². The van der Waals surface area contributed by atoms with E-state index in [0.29, 0.717) is 24.5 Å². The largest absolute Gasteiger partial charge is 0.460 e. The van der Waals surface area contributed by atoms with Crippen LogP contribution in [-0.2, 0) is 33.5 Å². The molecule has 3 fully saturated rings. The molecule has 9 heteroatoms. The first-order valence-corrected chi connectivity index (χ1v) is 15.0. The van der Waals surface area contributed by atoms with Crippen LogP contribution in [0.5, 0.6) is 0 Å². The van der Waals surface area contributed by atoms with Gasteiger partial charge in [-0.25, -0.2) is 0 Å². The first-order chi connectivity index (χ1) is 19.0. The highest BCUT2D eigenvalue weighted by Gasteiger charge is 2.69. The van der Waals surface area contributed by atoms with Crippen LogP contribution in [0.2, 0.25) is 0 Å². The summed E-state index contributed by atoms with van der Waals surface area (Å²) in [5.74, 6) is -4.27. The first-order valence-electron chi connectivity index (χ1n) is 15.0. The molecule has 2 N–H and O–H groups in total. The highest BCUT2D eigenvalue weighted by Crippen LogP contribution is 2.65. The Balaban J connectivity index is 1.84. The number of nitrogens with two attached hydrogens (primary N) is 1. The molecule has 2 unspecified atom stereocenters. The van der Waals surface area contributed by atoms with Crippen LogP contribution in [0.15, 0.2) is 11.6 Å². The number of allylic oxidation sites excluding steroid dienone is 2. The summed E-state index contributed by atoms with van der Waals surface area (Å²) in [7, 11) is 0. The van der Waals surface area contributed by atoms with E-state index < -0.39 is 41.1 Å². The van der Waals surface area contributed by atoms with Crippen LogP contribution in [0, 0.1) is 35.0 Å². The lowest BCUT2D eigenvalue weighted by Gasteiger charge is -2.34. The molecule has 0 aromatic heterocycles. The van der Waals surface area contributed by atoms with Gasteiger partial charge in [-0.05, 0) is 76.2 Å². The van der Waals surface area contributed by atoms with Crippen molar-refractivity contribution >= 4 is 35.1 Å². The molecule has 0 spiro atoms. The molecule has 0 radical (unpaired) electrons. The lowest BCUT2D eigenvalue weighted by Crippen LogP contribution is -2.49. The normalized spacial score (nSPS) is 25.0. The van der Waals surface area contributed by atoms with Crippen molar-refractivity contribution < 1.29 is 33.5 Å². The molecule has 0 aromatic rings. The summed E-state index contributed by atoms with van der Waals surface area (Å²) in [6.07, 6.45) is 5.05. The Bertz CT molecular complexity index is 1110. The average Bonchev–Trinajstić information content (AvgIpc) is 3.17. The monoisotopic (exact) mass is 572 g/mol. The predicted molar refractivity (Wildman–Crippen MR) is 153 cm³/mol. The van der Waals surface area contributed by atoms with E-state index in [0.717, 1.165) is 19.3 Å². The predicted octanol–water partition coefficient (Wildman–Crippen LogP) is 3.95. The van der Waals surface area contributed by atoms with Gasteiger partial charge >= 0.3 is 5.97 Å². The molecule has 1 heterocycles. The summed E-state index contributed by atoms with van der Waals surface area (Å²) in [6.45, 7) is 13.2. The molecule has 5 atom stereocenters. The highest BCUT2D eigenvalue weighted by atomic mass is 16.6. The Morgan fingerprint density at radius 3 is 2.20 bits per heavy atom. The first kappa shape index (κ1) is 32.7. The Morgan fingerprint density at radius 2 is 1.68 bits per heavy atom. The van der Waals surface area contributed by atoms with Gasteiger partial charge in [-0.2, -0.15) is 0 Å². The molecule has 0 bridgehead atoms. The molecule has 2 amide bonds. The van der Waals surface area contributed by atoms with Crippen LogP contribution in [0.3, 0.4) is 0 Å². The number of carbonyl (C=O) groups is 6. The van der Waals surface area contributed by atoms with Crippen molar-refractivity contribution in [1.82, 2.24) is 4.90 Å². The van der Waals surface area contributed by atoms with Crippen LogP contribution >= 0.6 is 0 Å². The second kappa shape index (κ2) is 12.6. The minimum absolute atomic E-state index is 0.0685. The average molecular weight is 573 g/mol. The van der Waals surface area contributed by atoms with Crippen molar-refractivity contribution in [2.75, 3.05) is 6.54 Å². The van der Waals surface area contributed by atoms with E-state index in [1.54, 1.807) is 45.6 Å². The SMILES string of the molecule is C/C=C(\C)C(=O)CC[C@H](CC(=O)OC(C)(C)C)C(=O)N1C[C@H]2C([C@H]1C(=O)CC(CC1CCC1)C(=O)C(N)=O)C2(C)C. The number of likely N-dealkylation sites (tertiary alicyclic amines) is 1. The van der Waals surface area contributed by atoms with Gasteiger partial charge in [0.25, 0.3) is 5.91 Å². The van der Waals surface area contributed by atoms with Crippen LogP contribution in [0.4, 0.5) is 0 Å². The highest BCUT2D eigenvalue weighted by molar-refractivity contribution is 6.36. The number of ether oxygens (including phenoxy) is 1. The lowest BCUT2D eigenvalue weighted by atomic mass is 9.76. The number of ketones is 3. The van der Waals surface area contributed by atoms with Gasteiger partial charge in [0.2, 0.25) is 11.7 Å². The van der Waals surface area contributed by atoms with Gasteiger partial charge in [0.05, 0.1) is 12.5 Å². The fourth-order valence-electron chi connectivity index (χ4n) is 6.66. The minimum atomic E-state index is -1.04. The molecular weight excluding hydrogens is 524 g/mol. The van der Waals surface area contributed by atoms with E-state index in [1.165, 1.54) is 0 Å². The molecular formula is C32H48N2O7. The van der Waals surface area contributed by atoms with Crippen LogP contribution in [0.1, 0.15) is 99.8 Å². The number of carbonyl (C=O) groups excluding carboxylic acids is 6. The zero-order chi connectivity index (χ0) is 30.9. The van der Waals surface area contributed by atoms with Crippen molar-refractivity contribution in [3.8, 4) is 0 Å². The standard InChI is InChI=1S/C32H48N2O7/c1-8-18(2)23(35)13-12-20(16-25(37)41-31(3,4)5)30(40)34-17-22-26(32(22,6)7)27(34)24(36)15-21(28(38)29(33)39)14-19-10-9-11-19/h8,19-22,26-27H,9-17H2,1-7H3,(H2,33,39)/b18-8+/t20-,21?,22+,26?,27-/m1/s1. The van der Waals surface area contributed by atoms with Gasteiger partial charge in [-0.1, -0.05) is 39.2 Å². The van der Waals surface area contributed by atoms with Gasteiger partial charge in [0.15, 0.2) is 11.6 Å². The quantitative estimate of drug-likeness (QED) is 0.189. The number of rotatable bonds is 14. The summed E-state index contributed by atoms with van der Waals surface area (Å²) < 4.78 is 5.49. The number of nitrogens with zero attached hydrogens (tertiary/aromatic N) is 1. The van der Waals surface area contributed by atoms with Crippen LogP contribution in [0.25, 0.3) is 0 Å². The van der Waals surface area contributed by atoms with Crippen LogP contribution < -0.4 is 5.73 Å². The molecule has 3 aliphatic rings. The maximum atomic E-state index is 14.1. The molecule has 2 aliphatic carbocycles. The van der Waals surface area contributed by atoms with E-state index in [1.807, 2.05) is 0 Å². The summed E-state index contributed by atoms with van der Waals surface area (Å²) in [5, 5.41) is 0. The Morgan fingerprint density at radius 1 is 1.05 bits per heavy atom. The topological polar surface area (TPSA) is 141 Å². The van der Waals surface area contributed by atoms with E-state index in [2.05, 4.69) is 13.8 Å². The van der Waals surface area contributed by atoms with Crippen molar-refractivity contribution in [3.63, 3.8) is 0 Å². The molecule has 2 saturated carbocycles. The number of primary amides is 1. The molecule has 0 aromatic carbocycles. The van der Waals surface area contributed by atoms with Crippen molar-refractivity contribution in [2.45, 2.75) is 111 Å². The second-order valence-electron chi connectivity index (χ2n) is 13.9. The van der Waals surface area contributed by atoms with E-state index in [9.17, 15) is 28.8 Å². The minimum Gasteiger partial charge on any atom is -0.460 e.